The number of likely N-dealkylation sites (tertiary alicyclic amines) is 1. The number of aryl methyl sites for hydroxylation is 3. The summed E-state index contributed by atoms with van der Waals surface area (Å²) < 4.78 is 1.44. The van der Waals surface area contributed by atoms with E-state index in [0.717, 1.165) is 36.2 Å². The van der Waals surface area contributed by atoms with E-state index < -0.39 is 0 Å². The molecular formula is C19H31Cl2N5O2. The standard InChI is InChI=1S/C19H29N5O2.2ClH/c1-11-7-8-24(14(9-11)10-20)16(25)6-5-15-12(2)17-18(21-13(15)3)22-23(4)19(17)26;;/h11,14H,5-10,20H2,1-4H3,(H,21,22);2*1H. The molecule has 9 heteroatoms. The summed E-state index contributed by atoms with van der Waals surface area (Å²) in [7, 11) is 1.69. The van der Waals surface area contributed by atoms with Crippen molar-refractivity contribution >= 4 is 41.8 Å². The third-order valence-electron chi connectivity index (χ3n) is 5.73. The van der Waals surface area contributed by atoms with Gasteiger partial charge in [-0.05, 0) is 50.2 Å². The third kappa shape index (κ3) is 4.53. The highest BCUT2D eigenvalue weighted by Gasteiger charge is 2.28. The summed E-state index contributed by atoms with van der Waals surface area (Å²) in [6.45, 7) is 7.39. The van der Waals surface area contributed by atoms with Gasteiger partial charge < -0.3 is 10.6 Å². The second-order valence-corrected chi connectivity index (χ2v) is 7.61. The van der Waals surface area contributed by atoms with Crippen LogP contribution in [0.15, 0.2) is 4.79 Å². The SMILES string of the molecule is Cc1nc2[nH]n(C)c(=O)c2c(C)c1CCC(=O)N1CCC(C)CC1CN.Cl.Cl. The first-order valence-electron chi connectivity index (χ1n) is 9.37. The number of carbonyl (C=O) groups is 1. The first-order chi connectivity index (χ1) is 12.3. The fraction of sp³-hybridized carbons (Fsp3) is 0.632. The minimum Gasteiger partial charge on any atom is -0.338 e. The minimum absolute atomic E-state index is 0. The fourth-order valence-electron chi connectivity index (χ4n) is 4.16. The first kappa shape index (κ1) is 24.5. The molecule has 1 amide bonds. The molecule has 1 saturated heterocycles. The number of nitrogens with one attached hydrogen (secondary N) is 1. The summed E-state index contributed by atoms with van der Waals surface area (Å²) in [4.78, 5) is 31.6. The molecule has 1 fully saturated rings. The fourth-order valence-corrected chi connectivity index (χ4v) is 4.16. The quantitative estimate of drug-likeness (QED) is 0.775. The molecule has 158 valence electrons. The number of aromatic amines is 1. The molecule has 1 aliphatic heterocycles. The zero-order valence-corrected chi connectivity index (χ0v) is 18.6. The first-order valence-corrected chi connectivity index (χ1v) is 9.37. The second-order valence-electron chi connectivity index (χ2n) is 7.61. The van der Waals surface area contributed by atoms with Crippen LogP contribution >= 0.6 is 24.8 Å². The number of piperidine rings is 1. The highest BCUT2D eigenvalue weighted by Crippen LogP contribution is 2.24. The lowest BCUT2D eigenvalue weighted by molar-refractivity contribution is -0.135. The molecule has 2 aromatic rings. The van der Waals surface area contributed by atoms with Crippen molar-refractivity contribution in [2.24, 2.45) is 18.7 Å². The Bertz CT molecular complexity index is 893. The number of hydrogen-bond acceptors (Lipinski definition) is 4. The minimum atomic E-state index is -0.0780. The molecule has 3 rings (SSSR count). The highest BCUT2D eigenvalue weighted by atomic mass is 35.5. The van der Waals surface area contributed by atoms with Crippen molar-refractivity contribution in [2.45, 2.75) is 52.5 Å². The Kier molecular flexibility index (Phi) is 8.53. The van der Waals surface area contributed by atoms with Crippen LogP contribution in [0, 0.1) is 19.8 Å². The number of rotatable bonds is 4. The van der Waals surface area contributed by atoms with Crippen LogP contribution in [-0.4, -0.2) is 44.7 Å². The van der Waals surface area contributed by atoms with Gasteiger partial charge in [-0.3, -0.25) is 19.4 Å². The number of pyridine rings is 1. The number of nitrogens with zero attached hydrogens (tertiary/aromatic N) is 3. The van der Waals surface area contributed by atoms with Crippen molar-refractivity contribution in [1.29, 1.82) is 0 Å². The van der Waals surface area contributed by atoms with E-state index in [1.54, 1.807) is 7.05 Å². The van der Waals surface area contributed by atoms with Crippen molar-refractivity contribution in [3.63, 3.8) is 0 Å². The topological polar surface area (TPSA) is 97.0 Å². The Hall–Kier alpha value is -1.57. The third-order valence-corrected chi connectivity index (χ3v) is 5.73. The number of hydrogen-bond donors (Lipinski definition) is 2. The number of carbonyl (C=O) groups excluding carboxylic acids is 1. The molecule has 2 unspecified atom stereocenters. The lowest BCUT2D eigenvalue weighted by atomic mass is 9.91. The van der Waals surface area contributed by atoms with Crippen LogP contribution in [0.4, 0.5) is 0 Å². The van der Waals surface area contributed by atoms with Crippen molar-refractivity contribution in [3.8, 4) is 0 Å². The number of nitrogens with two attached hydrogens (primary N) is 1. The molecule has 3 heterocycles. The summed E-state index contributed by atoms with van der Waals surface area (Å²) in [6, 6.07) is 0.144. The van der Waals surface area contributed by atoms with Crippen LogP contribution in [0.2, 0.25) is 0 Å². The Balaban J connectivity index is 0.00000196. The maximum Gasteiger partial charge on any atom is 0.276 e. The van der Waals surface area contributed by atoms with Gasteiger partial charge in [0, 0.05) is 38.3 Å². The molecule has 3 N–H and O–H groups in total. The zero-order chi connectivity index (χ0) is 19.0. The van der Waals surface area contributed by atoms with Gasteiger partial charge in [-0.2, -0.15) is 0 Å². The van der Waals surface area contributed by atoms with Crippen LogP contribution in [0.3, 0.4) is 0 Å². The molecule has 0 spiro atoms. The Morgan fingerprint density at radius 2 is 2.00 bits per heavy atom. The van der Waals surface area contributed by atoms with Gasteiger partial charge in [0.15, 0.2) is 5.65 Å². The molecule has 0 aromatic carbocycles. The molecule has 28 heavy (non-hydrogen) atoms. The monoisotopic (exact) mass is 431 g/mol. The highest BCUT2D eigenvalue weighted by molar-refractivity contribution is 5.85. The molecule has 0 aliphatic carbocycles. The molecule has 1 aliphatic rings. The summed E-state index contributed by atoms with van der Waals surface area (Å²) in [5, 5.41) is 3.59. The van der Waals surface area contributed by atoms with Crippen molar-refractivity contribution in [1.82, 2.24) is 19.7 Å². The average molecular weight is 432 g/mol. The van der Waals surface area contributed by atoms with Crippen molar-refractivity contribution < 1.29 is 4.79 Å². The van der Waals surface area contributed by atoms with Gasteiger partial charge in [-0.25, -0.2) is 4.98 Å². The Labute approximate surface area is 177 Å². The number of fused-ring (bicyclic) bond motifs is 1. The van der Waals surface area contributed by atoms with E-state index in [1.807, 2.05) is 18.7 Å². The number of aromatic nitrogens is 3. The van der Waals surface area contributed by atoms with E-state index in [0.29, 0.717) is 36.3 Å². The van der Waals surface area contributed by atoms with E-state index in [4.69, 9.17) is 5.73 Å². The molecule has 0 saturated carbocycles. The molecule has 0 bridgehead atoms. The smallest absolute Gasteiger partial charge is 0.276 e. The van der Waals surface area contributed by atoms with Crippen LogP contribution in [0.1, 0.15) is 43.0 Å². The van der Waals surface area contributed by atoms with Gasteiger partial charge in [0.1, 0.15) is 0 Å². The normalized spacial score (nSPS) is 19.2. The summed E-state index contributed by atoms with van der Waals surface area (Å²) in [6.07, 6.45) is 3.03. The van der Waals surface area contributed by atoms with E-state index in [1.165, 1.54) is 4.68 Å². The van der Waals surface area contributed by atoms with Gasteiger partial charge >= 0.3 is 0 Å². The second kappa shape index (κ2) is 9.76. The van der Waals surface area contributed by atoms with E-state index in [2.05, 4.69) is 17.0 Å². The molecule has 2 atom stereocenters. The maximum absolute atomic E-state index is 12.8. The van der Waals surface area contributed by atoms with E-state index in [-0.39, 0.29) is 42.3 Å². The predicted molar refractivity (Wildman–Crippen MR) is 117 cm³/mol. The van der Waals surface area contributed by atoms with Gasteiger partial charge in [-0.15, -0.1) is 24.8 Å². The number of halogens is 2. The van der Waals surface area contributed by atoms with Gasteiger partial charge in [0.05, 0.1) is 5.39 Å². The lowest BCUT2D eigenvalue weighted by Crippen LogP contribution is -2.49. The Morgan fingerprint density at radius 1 is 1.32 bits per heavy atom. The predicted octanol–water partition coefficient (Wildman–Crippen LogP) is 2.24. The Morgan fingerprint density at radius 3 is 2.64 bits per heavy atom. The maximum atomic E-state index is 12.8. The average Bonchev–Trinajstić information content (AvgIpc) is 2.88. The van der Waals surface area contributed by atoms with Crippen LogP contribution < -0.4 is 11.3 Å². The summed E-state index contributed by atoms with van der Waals surface area (Å²) in [5.41, 5.74) is 9.20. The lowest BCUT2D eigenvalue weighted by Gasteiger charge is -2.38. The largest absolute Gasteiger partial charge is 0.338 e. The summed E-state index contributed by atoms with van der Waals surface area (Å²) in [5.74, 6) is 0.765. The molecular weight excluding hydrogens is 401 g/mol. The van der Waals surface area contributed by atoms with Gasteiger partial charge in [-0.1, -0.05) is 6.92 Å². The van der Waals surface area contributed by atoms with Crippen molar-refractivity contribution in [3.05, 3.63) is 27.2 Å². The molecule has 7 nitrogen and oxygen atoms in total. The van der Waals surface area contributed by atoms with Gasteiger partial charge in [0.25, 0.3) is 5.56 Å². The molecule has 2 aromatic heterocycles. The van der Waals surface area contributed by atoms with Gasteiger partial charge in [0.2, 0.25) is 5.91 Å². The molecule has 0 radical (unpaired) electrons. The number of H-pyrrole nitrogens is 1. The van der Waals surface area contributed by atoms with Crippen molar-refractivity contribution in [2.75, 3.05) is 13.1 Å². The zero-order valence-electron chi connectivity index (χ0n) is 16.9. The van der Waals surface area contributed by atoms with E-state index in [9.17, 15) is 9.59 Å². The number of amides is 1. The van der Waals surface area contributed by atoms with Crippen LogP contribution in [0.5, 0.6) is 0 Å². The summed E-state index contributed by atoms with van der Waals surface area (Å²) >= 11 is 0. The van der Waals surface area contributed by atoms with E-state index >= 15 is 0 Å². The van der Waals surface area contributed by atoms with Crippen LogP contribution in [-0.2, 0) is 18.3 Å². The van der Waals surface area contributed by atoms with Crippen LogP contribution in [0.25, 0.3) is 11.0 Å².